The number of aliphatic hydroxyl groups is 2. The van der Waals surface area contributed by atoms with Crippen LogP contribution in [0.5, 0.6) is 0 Å². The summed E-state index contributed by atoms with van der Waals surface area (Å²) in [4.78, 5) is 39.6. The molecule has 262 valence electrons. The van der Waals surface area contributed by atoms with Crippen LogP contribution in [-0.4, -0.2) is 83.1 Å². The molecule has 4 N–H and O–H groups in total. The largest absolute Gasteiger partial charge is 0.444 e. The predicted octanol–water partition coefficient (Wildman–Crippen LogP) is 4.19. The van der Waals surface area contributed by atoms with Gasteiger partial charge in [-0.1, -0.05) is 11.6 Å². The minimum Gasteiger partial charge on any atom is -0.444 e. The first kappa shape index (κ1) is 35.9. The second kappa shape index (κ2) is 13.1. The van der Waals surface area contributed by atoms with Gasteiger partial charge < -0.3 is 25.6 Å². The highest BCUT2D eigenvalue weighted by Gasteiger charge is 2.56. The molecule has 48 heavy (non-hydrogen) atoms. The molecule has 3 fully saturated rings. The zero-order valence-corrected chi connectivity index (χ0v) is 28.0. The van der Waals surface area contributed by atoms with Crippen molar-refractivity contribution in [2.75, 3.05) is 18.4 Å². The van der Waals surface area contributed by atoms with Crippen molar-refractivity contribution in [2.24, 2.45) is 11.8 Å². The van der Waals surface area contributed by atoms with Crippen LogP contribution in [0.25, 0.3) is 0 Å². The fraction of sp³-hybridized carbons (Fsp3) is 0.531. The number of likely N-dealkylation sites (tertiary alicyclic amines) is 1. The molecule has 2 aromatic rings. The summed E-state index contributed by atoms with van der Waals surface area (Å²) in [5, 5.41) is 25.7. The number of amides is 3. The van der Waals surface area contributed by atoms with Gasteiger partial charge in [0.2, 0.25) is 5.91 Å². The van der Waals surface area contributed by atoms with Gasteiger partial charge in [0.05, 0.1) is 33.4 Å². The summed E-state index contributed by atoms with van der Waals surface area (Å²) in [5.74, 6) is -7.26. The Balaban J connectivity index is 1.27. The minimum atomic E-state index is -4.16. The van der Waals surface area contributed by atoms with Gasteiger partial charge in [0.25, 0.3) is 5.91 Å². The smallest absolute Gasteiger partial charge is 0.411 e. The molecule has 2 bridgehead atoms. The maximum Gasteiger partial charge on any atom is 0.411 e. The van der Waals surface area contributed by atoms with E-state index >= 15 is 0 Å². The number of β-amino-alcohol motifs (C(OH)–C–C–N with tert-alkyl or cyclic N) is 1. The predicted molar refractivity (Wildman–Crippen MR) is 167 cm³/mol. The Kier molecular flexibility index (Phi) is 9.83. The SMILES string of the molecule is CC(C)(C)OC(=O)N1C[C@H](O)C[C@H]1C(=O)NCC1(O)C2CCC1CC(S(=O)(=O)c1cc(C(=O)Nc3cc(F)c(F)c(F)c3)ccc1Cl)C2. The molecule has 2 aliphatic carbocycles. The van der Waals surface area contributed by atoms with E-state index < -0.39 is 85.6 Å². The lowest BCUT2D eigenvalue weighted by Crippen LogP contribution is -2.57. The van der Waals surface area contributed by atoms with Crippen molar-refractivity contribution in [3.05, 3.63) is 58.4 Å². The number of hydrogen-bond acceptors (Lipinski definition) is 8. The number of carbonyl (C=O) groups excluding carboxylic acids is 3. The third-order valence-corrected chi connectivity index (χ3v) is 12.0. The number of fused-ring (bicyclic) bond motifs is 2. The standard InChI is InChI=1S/C32H37ClF3N3O8S/c1-31(2,3)47-30(43)39-14-20(40)13-25(39)29(42)37-15-32(44)17-5-6-18(32)10-21(9-17)48(45,46)26-8-16(4-7-22(26)33)28(41)38-19-11-23(34)27(36)24(35)12-19/h4,7-8,11-12,17-18,20-21,25,40,44H,5-6,9-10,13-15H2,1-3H3,(H,37,42)(H,38,41)/t17?,18?,20-,21?,25+,32?/m1/s1. The first-order valence-electron chi connectivity index (χ1n) is 15.5. The van der Waals surface area contributed by atoms with Crippen molar-refractivity contribution < 1.29 is 50.9 Å². The Morgan fingerprint density at radius 2 is 1.65 bits per heavy atom. The van der Waals surface area contributed by atoms with Gasteiger partial charge in [0, 0.05) is 36.3 Å². The summed E-state index contributed by atoms with van der Waals surface area (Å²) in [5.41, 5.74) is -2.81. The molecule has 11 nitrogen and oxygen atoms in total. The number of ether oxygens (including phenoxy) is 1. The number of nitrogens with one attached hydrogen (secondary N) is 2. The molecule has 2 unspecified atom stereocenters. The first-order valence-corrected chi connectivity index (χ1v) is 17.4. The average molecular weight is 716 g/mol. The lowest BCUT2D eigenvalue weighted by molar-refractivity contribution is -0.128. The molecule has 1 heterocycles. The van der Waals surface area contributed by atoms with Crippen LogP contribution in [0.4, 0.5) is 23.7 Å². The van der Waals surface area contributed by atoms with Crippen LogP contribution in [0.2, 0.25) is 5.02 Å². The molecule has 3 amide bonds. The molecule has 0 aromatic heterocycles. The third kappa shape index (κ3) is 7.14. The van der Waals surface area contributed by atoms with Gasteiger partial charge in [0.15, 0.2) is 27.3 Å². The molecular formula is C32H37ClF3N3O8S. The second-order valence-corrected chi connectivity index (χ2v) is 16.3. The van der Waals surface area contributed by atoms with Gasteiger partial charge in [-0.15, -0.1) is 0 Å². The van der Waals surface area contributed by atoms with Crippen molar-refractivity contribution in [3.63, 3.8) is 0 Å². The van der Waals surface area contributed by atoms with Crippen molar-refractivity contribution in [3.8, 4) is 0 Å². The first-order chi connectivity index (χ1) is 22.3. The van der Waals surface area contributed by atoms with Gasteiger partial charge in [-0.05, 0) is 76.5 Å². The Labute approximate surface area is 280 Å². The number of nitrogens with zero attached hydrogens (tertiary/aromatic N) is 1. The van der Waals surface area contributed by atoms with Crippen LogP contribution in [0.1, 0.15) is 63.2 Å². The summed E-state index contributed by atoms with van der Waals surface area (Å²) >= 11 is 6.29. The highest BCUT2D eigenvalue weighted by molar-refractivity contribution is 7.92. The van der Waals surface area contributed by atoms with Gasteiger partial charge in [-0.25, -0.2) is 26.4 Å². The molecule has 0 radical (unpaired) electrons. The lowest BCUT2D eigenvalue weighted by Gasteiger charge is -2.42. The Hall–Kier alpha value is -3.40. The van der Waals surface area contributed by atoms with Crippen molar-refractivity contribution in [1.29, 1.82) is 0 Å². The maximum atomic E-state index is 13.9. The Bertz CT molecular complexity index is 1700. The summed E-state index contributed by atoms with van der Waals surface area (Å²) in [6.07, 6.45) is -0.615. The number of sulfone groups is 1. The van der Waals surface area contributed by atoms with Crippen LogP contribution < -0.4 is 10.6 Å². The fourth-order valence-corrected chi connectivity index (χ4v) is 9.36. The molecule has 1 saturated heterocycles. The van der Waals surface area contributed by atoms with Crippen LogP contribution in [0.3, 0.4) is 0 Å². The number of aliphatic hydroxyl groups excluding tert-OH is 1. The topological polar surface area (TPSA) is 162 Å². The number of benzene rings is 2. The summed E-state index contributed by atoms with van der Waals surface area (Å²) in [6, 6.07) is 3.64. The summed E-state index contributed by atoms with van der Waals surface area (Å²) in [7, 11) is -4.16. The van der Waals surface area contributed by atoms with Gasteiger partial charge in [-0.2, -0.15) is 0 Å². The number of halogens is 4. The van der Waals surface area contributed by atoms with Crippen molar-refractivity contribution >= 4 is 45.0 Å². The molecule has 4 atom stereocenters. The summed E-state index contributed by atoms with van der Waals surface area (Å²) < 4.78 is 73.7. The van der Waals surface area contributed by atoms with E-state index in [0.717, 1.165) is 11.0 Å². The molecule has 2 saturated carbocycles. The summed E-state index contributed by atoms with van der Waals surface area (Å²) in [6.45, 7) is 4.76. The monoisotopic (exact) mass is 715 g/mol. The minimum absolute atomic E-state index is 0.00774. The Morgan fingerprint density at radius 3 is 2.23 bits per heavy atom. The molecule has 2 aromatic carbocycles. The Morgan fingerprint density at radius 1 is 1.04 bits per heavy atom. The van der Waals surface area contributed by atoms with Crippen LogP contribution in [0, 0.1) is 29.3 Å². The molecule has 1 aliphatic heterocycles. The zero-order chi connectivity index (χ0) is 35.3. The second-order valence-electron chi connectivity index (χ2n) is 13.7. The molecule has 5 rings (SSSR count). The van der Waals surface area contributed by atoms with E-state index in [2.05, 4.69) is 10.6 Å². The van der Waals surface area contributed by atoms with Crippen molar-refractivity contribution in [2.45, 2.75) is 86.4 Å². The zero-order valence-electron chi connectivity index (χ0n) is 26.4. The van der Waals surface area contributed by atoms with E-state index in [0.29, 0.717) is 25.0 Å². The molecule has 3 aliphatic rings. The fourth-order valence-electron chi connectivity index (χ4n) is 6.96. The van der Waals surface area contributed by atoms with E-state index in [1.165, 1.54) is 12.1 Å². The van der Waals surface area contributed by atoms with E-state index in [-0.39, 0.29) is 53.5 Å². The highest BCUT2D eigenvalue weighted by Crippen LogP contribution is 2.52. The number of carbonyl (C=O) groups is 3. The quantitative estimate of drug-likeness (QED) is 0.311. The maximum absolute atomic E-state index is 13.9. The third-order valence-electron chi connectivity index (χ3n) is 9.31. The molecular weight excluding hydrogens is 679 g/mol. The average Bonchev–Trinajstić information content (AvgIpc) is 3.42. The molecule has 16 heteroatoms. The number of rotatable bonds is 7. The molecule has 0 spiro atoms. The van der Waals surface area contributed by atoms with E-state index in [9.17, 15) is 46.2 Å². The van der Waals surface area contributed by atoms with Gasteiger partial charge in [0.1, 0.15) is 11.6 Å². The van der Waals surface area contributed by atoms with E-state index in [4.69, 9.17) is 16.3 Å². The normalized spacial score (nSPS) is 27.1. The number of hydrogen-bond donors (Lipinski definition) is 4. The van der Waals surface area contributed by atoms with Crippen molar-refractivity contribution in [1.82, 2.24) is 10.2 Å². The van der Waals surface area contributed by atoms with E-state index in [1.807, 2.05) is 0 Å². The van der Waals surface area contributed by atoms with Crippen LogP contribution in [-0.2, 0) is 19.4 Å². The van der Waals surface area contributed by atoms with Gasteiger partial charge in [-0.3, -0.25) is 14.5 Å². The van der Waals surface area contributed by atoms with E-state index in [1.54, 1.807) is 20.8 Å². The van der Waals surface area contributed by atoms with Gasteiger partial charge >= 0.3 is 6.09 Å². The van der Waals surface area contributed by atoms with Crippen LogP contribution in [0.15, 0.2) is 35.2 Å². The lowest BCUT2D eigenvalue weighted by atomic mass is 9.74. The number of anilines is 1. The van der Waals surface area contributed by atoms with Crippen LogP contribution >= 0.6 is 11.6 Å². The highest BCUT2D eigenvalue weighted by atomic mass is 35.5.